The number of nitrogens with two attached hydrogens (primary N) is 1. The minimum absolute atomic E-state index is 0.0513. The number of hydrogen-bond acceptors (Lipinski definition) is 7. The van der Waals surface area contributed by atoms with E-state index in [1.165, 1.54) is 18.2 Å². The number of nitrogen functional groups attached to an aromatic ring is 1. The van der Waals surface area contributed by atoms with Crippen LogP contribution >= 0.6 is 0 Å². The van der Waals surface area contributed by atoms with Gasteiger partial charge in [-0.3, -0.25) is 10.1 Å². The van der Waals surface area contributed by atoms with Crippen LogP contribution in [0.4, 0.5) is 33.3 Å². The average Bonchev–Trinajstić information content (AvgIpc) is 2.63. The van der Waals surface area contributed by atoms with Crippen molar-refractivity contribution in [1.29, 1.82) is 0 Å². The molecule has 0 aliphatic heterocycles. The highest BCUT2D eigenvalue weighted by Crippen LogP contribution is 2.32. The van der Waals surface area contributed by atoms with Gasteiger partial charge in [0.15, 0.2) is 0 Å². The van der Waals surface area contributed by atoms with Gasteiger partial charge in [0.25, 0.3) is 0 Å². The van der Waals surface area contributed by atoms with Crippen molar-refractivity contribution in [2.24, 2.45) is 0 Å². The van der Waals surface area contributed by atoms with Crippen LogP contribution in [0.1, 0.15) is 5.56 Å². The third kappa shape index (κ3) is 4.09. The standard InChI is InChI=1S/C18H17FN6O2/c1-24(11-12-7-3-2-4-8-12)18-22-16(20)15(25(26)27)17(23-18)21-14-10-6-5-9-13(14)19/h2-10H,11H2,1H3,(H3,20,21,22,23). The lowest BCUT2D eigenvalue weighted by Gasteiger charge is -2.18. The molecular formula is C18H17FN6O2. The zero-order chi connectivity index (χ0) is 19.4. The molecule has 3 rings (SSSR count). The molecule has 0 aliphatic rings. The van der Waals surface area contributed by atoms with Crippen LogP contribution in [0, 0.1) is 15.9 Å². The van der Waals surface area contributed by atoms with E-state index in [0.717, 1.165) is 5.56 Å². The van der Waals surface area contributed by atoms with E-state index in [1.807, 2.05) is 30.3 Å². The molecule has 3 aromatic rings. The first-order valence-electron chi connectivity index (χ1n) is 8.04. The van der Waals surface area contributed by atoms with Crippen LogP contribution in [0.15, 0.2) is 54.6 Å². The molecule has 2 aromatic carbocycles. The Labute approximate surface area is 154 Å². The predicted octanol–water partition coefficient (Wildman–Crippen LogP) is 3.49. The van der Waals surface area contributed by atoms with Crippen LogP contribution in [0.25, 0.3) is 0 Å². The molecule has 3 N–H and O–H groups in total. The summed E-state index contributed by atoms with van der Waals surface area (Å²) in [4.78, 5) is 20.6. The molecule has 0 bridgehead atoms. The number of hydrogen-bond donors (Lipinski definition) is 2. The summed E-state index contributed by atoms with van der Waals surface area (Å²) in [6.07, 6.45) is 0. The van der Waals surface area contributed by atoms with Crippen molar-refractivity contribution in [1.82, 2.24) is 9.97 Å². The lowest BCUT2D eigenvalue weighted by atomic mass is 10.2. The van der Waals surface area contributed by atoms with Gasteiger partial charge in [-0.1, -0.05) is 42.5 Å². The lowest BCUT2D eigenvalue weighted by Crippen LogP contribution is -2.21. The fraction of sp³-hybridized carbons (Fsp3) is 0.111. The van der Waals surface area contributed by atoms with Gasteiger partial charge < -0.3 is 16.0 Å². The number of nitrogens with zero attached hydrogens (tertiary/aromatic N) is 4. The maximum Gasteiger partial charge on any atom is 0.353 e. The molecule has 0 unspecified atom stereocenters. The molecule has 0 atom stereocenters. The third-order valence-corrected chi connectivity index (χ3v) is 3.81. The third-order valence-electron chi connectivity index (χ3n) is 3.81. The van der Waals surface area contributed by atoms with Crippen LogP contribution in [-0.4, -0.2) is 21.9 Å². The molecule has 0 aliphatic carbocycles. The Morgan fingerprint density at radius 1 is 1.15 bits per heavy atom. The highest BCUT2D eigenvalue weighted by Gasteiger charge is 2.25. The topological polar surface area (TPSA) is 110 Å². The zero-order valence-electron chi connectivity index (χ0n) is 14.5. The zero-order valence-corrected chi connectivity index (χ0v) is 14.5. The van der Waals surface area contributed by atoms with Crippen LogP contribution in [0.2, 0.25) is 0 Å². The Kier molecular flexibility index (Phi) is 5.11. The van der Waals surface area contributed by atoms with Crippen LogP contribution in [0.5, 0.6) is 0 Å². The second kappa shape index (κ2) is 7.65. The van der Waals surface area contributed by atoms with Crippen LogP contribution in [-0.2, 0) is 6.54 Å². The molecule has 0 saturated carbocycles. The van der Waals surface area contributed by atoms with Crippen molar-refractivity contribution >= 4 is 29.0 Å². The number of halogens is 1. The summed E-state index contributed by atoms with van der Waals surface area (Å²) in [6, 6.07) is 15.4. The summed E-state index contributed by atoms with van der Waals surface area (Å²) in [5.41, 5.74) is 6.34. The van der Waals surface area contributed by atoms with E-state index in [4.69, 9.17) is 5.73 Å². The molecule has 138 valence electrons. The van der Waals surface area contributed by atoms with Gasteiger partial charge in [-0.25, -0.2) is 4.39 Å². The van der Waals surface area contributed by atoms with E-state index in [-0.39, 0.29) is 23.3 Å². The van der Waals surface area contributed by atoms with Crippen molar-refractivity contribution in [3.05, 3.63) is 76.1 Å². The number of para-hydroxylation sites is 1. The number of nitrogens with one attached hydrogen (secondary N) is 1. The van der Waals surface area contributed by atoms with E-state index >= 15 is 0 Å². The van der Waals surface area contributed by atoms with E-state index < -0.39 is 16.4 Å². The molecular weight excluding hydrogens is 351 g/mol. The van der Waals surface area contributed by atoms with E-state index in [1.54, 1.807) is 18.0 Å². The first-order chi connectivity index (χ1) is 13.0. The van der Waals surface area contributed by atoms with Crippen molar-refractivity contribution in [2.75, 3.05) is 23.0 Å². The van der Waals surface area contributed by atoms with E-state index in [0.29, 0.717) is 6.54 Å². The normalized spacial score (nSPS) is 10.4. The van der Waals surface area contributed by atoms with Gasteiger partial charge in [0, 0.05) is 13.6 Å². The molecule has 27 heavy (non-hydrogen) atoms. The molecule has 8 nitrogen and oxygen atoms in total. The summed E-state index contributed by atoms with van der Waals surface area (Å²) in [7, 11) is 1.74. The molecule has 0 radical (unpaired) electrons. The first kappa shape index (κ1) is 18.1. The van der Waals surface area contributed by atoms with Gasteiger partial charge in [-0.2, -0.15) is 9.97 Å². The summed E-state index contributed by atoms with van der Waals surface area (Å²) in [5, 5.41) is 14.0. The Hall–Kier alpha value is -3.75. The SMILES string of the molecule is CN(Cc1ccccc1)c1nc(N)c([N+](=O)[O-])c(Nc2ccccc2F)n1. The first-order valence-corrected chi connectivity index (χ1v) is 8.04. The Morgan fingerprint density at radius 3 is 2.48 bits per heavy atom. The minimum Gasteiger partial charge on any atom is -0.378 e. The fourth-order valence-electron chi connectivity index (χ4n) is 2.52. The van der Waals surface area contributed by atoms with Gasteiger partial charge in [0.2, 0.25) is 17.6 Å². The van der Waals surface area contributed by atoms with Gasteiger partial charge >= 0.3 is 5.69 Å². The van der Waals surface area contributed by atoms with Crippen molar-refractivity contribution in [2.45, 2.75) is 6.54 Å². The number of rotatable bonds is 6. The Bertz CT molecular complexity index is 967. The fourth-order valence-corrected chi connectivity index (χ4v) is 2.52. The van der Waals surface area contributed by atoms with Gasteiger partial charge in [-0.05, 0) is 17.7 Å². The van der Waals surface area contributed by atoms with Crippen LogP contribution < -0.4 is 16.0 Å². The van der Waals surface area contributed by atoms with E-state index in [9.17, 15) is 14.5 Å². The monoisotopic (exact) mass is 368 g/mol. The largest absolute Gasteiger partial charge is 0.378 e. The smallest absolute Gasteiger partial charge is 0.353 e. The molecule has 0 amide bonds. The second-order valence-electron chi connectivity index (χ2n) is 5.81. The summed E-state index contributed by atoms with van der Waals surface area (Å²) in [6.45, 7) is 0.469. The number of anilines is 4. The van der Waals surface area contributed by atoms with Crippen molar-refractivity contribution < 1.29 is 9.31 Å². The molecule has 1 heterocycles. The molecule has 9 heteroatoms. The summed E-state index contributed by atoms with van der Waals surface area (Å²) < 4.78 is 13.9. The van der Waals surface area contributed by atoms with Crippen molar-refractivity contribution in [3.8, 4) is 0 Å². The molecule has 0 saturated heterocycles. The van der Waals surface area contributed by atoms with E-state index in [2.05, 4.69) is 15.3 Å². The number of nitro groups is 1. The lowest BCUT2D eigenvalue weighted by molar-refractivity contribution is -0.383. The number of benzene rings is 2. The molecule has 0 fully saturated rings. The van der Waals surface area contributed by atoms with Crippen LogP contribution in [0.3, 0.4) is 0 Å². The van der Waals surface area contributed by atoms with Gasteiger partial charge in [-0.15, -0.1) is 0 Å². The number of aromatic nitrogens is 2. The maximum absolute atomic E-state index is 13.9. The Morgan fingerprint density at radius 2 is 1.81 bits per heavy atom. The highest BCUT2D eigenvalue weighted by atomic mass is 19.1. The minimum atomic E-state index is -0.695. The van der Waals surface area contributed by atoms with Gasteiger partial charge in [0.1, 0.15) is 5.82 Å². The predicted molar refractivity (Wildman–Crippen MR) is 101 cm³/mol. The van der Waals surface area contributed by atoms with Crippen molar-refractivity contribution in [3.63, 3.8) is 0 Å². The maximum atomic E-state index is 13.9. The summed E-state index contributed by atoms with van der Waals surface area (Å²) in [5.74, 6) is -0.861. The summed E-state index contributed by atoms with van der Waals surface area (Å²) >= 11 is 0. The molecule has 1 aromatic heterocycles. The van der Waals surface area contributed by atoms with Gasteiger partial charge in [0.05, 0.1) is 10.6 Å². The molecule has 0 spiro atoms. The second-order valence-corrected chi connectivity index (χ2v) is 5.81. The Balaban J connectivity index is 1.98. The quantitative estimate of drug-likeness (QED) is 0.506. The highest BCUT2D eigenvalue weighted by molar-refractivity contribution is 5.74. The average molecular weight is 368 g/mol.